The van der Waals surface area contributed by atoms with Crippen molar-refractivity contribution in [3.8, 4) is 5.75 Å². The Morgan fingerprint density at radius 2 is 1.89 bits per heavy atom. The van der Waals surface area contributed by atoms with Gasteiger partial charge in [0.1, 0.15) is 11.6 Å². The molecule has 1 aliphatic rings. The minimum absolute atomic E-state index is 0.169. The van der Waals surface area contributed by atoms with Crippen molar-refractivity contribution in [3.63, 3.8) is 0 Å². The molecule has 35 heavy (non-hydrogen) atoms. The van der Waals surface area contributed by atoms with Gasteiger partial charge in [0, 0.05) is 12.6 Å². The molecule has 192 valence electrons. The van der Waals surface area contributed by atoms with Crippen molar-refractivity contribution >= 4 is 6.08 Å². The van der Waals surface area contributed by atoms with Crippen molar-refractivity contribution in [1.82, 2.24) is 10.2 Å². The Hall–Kier alpha value is -2.43. The third kappa shape index (κ3) is 9.62. The summed E-state index contributed by atoms with van der Waals surface area (Å²) in [6.45, 7) is 15.2. The normalized spacial score (nSPS) is 15.1. The van der Waals surface area contributed by atoms with Crippen LogP contribution < -0.4 is 10.1 Å². The van der Waals surface area contributed by atoms with Crippen molar-refractivity contribution in [2.75, 3.05) is 33.8 Å². The fourth-order valence-corrected chi connectivity index (χ4v) is 4.78. The molecule has 0 aromatic heterocycles. The highest BCUT2D eigenvalue weighted by Gasteiger charge is 2.24. The number of aryl methyl sites for hydroxylation is 1. The highest BCUT2D eigenvalue weighted by molar-refractivity contribution is 5.47. The van der Waals surface area contributed by atoms with Crippen molar-refractivity contribution in [2.45, 2.75) is 64.3 Å². The van der Waals surface area contributed by atoms with Gasteiger partial charge in [0.05, 0.1) is 7.11 Å². The molecule has 4 heteroatoms. The zero-order valence-electron chi connectivity index (χ0n) is 22.3. The maximum atomic E-state index is 12.7. The van der Waals surface area contributed by atoms with E-state index in [0.29, 0.717) is 11.5 Å². The third-order valence-corrected chi connectivity index (χ3v) is 7.03. The van der Waals surface area contributed by atoms with Gasteiger partial charge in [0.2, 0.25) is 0 Å². The summed E-state index contributed by atoms with van der Waals surface area (Å²) >= 11 is 0. The number of piperidine rings is 1. The first kappa shape index (κ1) is 28.8. The van der Waals surface area contributed by atoms with Crippen LogP contribution in [0.25, 0.3) is 6.08 Å². The van der Waals surface area contributed by atoms with Gasteiger partial charge in [-0.2, -0.15) is 0 Å². The number of hydrogen-bond donors (Lipinski definition) is 1. The first-order valence-electron chi connectivity index (χ1n) is 13.0. The van der Waals surface area contributed by atoms with Gasteiger partial charge >= 0.3 is 0 Å². The molecule has 2 aromatic carbocycles. The molecule has 3 rings (SSSR count). The number of halogens is 1. The zero-order valence-corrected chi connectivity index (χ0v) is 22.3. The second-order valence-corrected chi connectivity index (χ2v) is 9.53. The monoisotopic (exact) mass is 480 g/mol. The number of nitrogens with one attached hydrogen (secondary N) is 1. The summed E-state index contributed by atoms with van der Waals surface area (Å²) < 4.78 is 18.0. The number of ether oxygens (including phenoxy) is 1. The number of benzene rings is 2. The van der Waals surface area contributed by atoms with Crippen molar-refractivity contribution in [1.29, 1.82) is 0 Å². The Bertz CT molecular complexity index is 901. The molecule has 2 aromatic rings. The Balaban J connectivity index is 0.000000360. The van der Waals surface area contributed by atoms with Crippen LogP contribution in [-0.2, 0) is 0 Å². The van der Waals surface area contributed by atoms with Gasteiger partial charge in [0.15, 0.2) is 0 Å². The Morgan fingerprint density at radius 3 is 2.43 bits per heavy atom. The molecule has 1 fully saturated rings. The second kappa shape index (κ2) is 15.5. The molecular weight excluding hydrogens is 435 g/mol. The molecule has 0 aliphatic carbocycles. The number of likely N-dealkylation sites (N-methyl/N-ethyl adjacent to an activating group) is 1. The quantitative estimate of drug-likeness (QED) is 0.340. The maximum Gasteiger partial charge on any atom is 0.126 e. The van der Waals surface area contributed by atoms with E-state index in [1.54, 1.807) is 26.2 Å². The Morgan fingerprint density at radius 1 is 1.20 bits per heavy atom. The van der Waals surface area contributed by atoms with Crippen LogP contribution >= 0.6 is 0 Å². The number of rotatable bonds is 11. The lowest BCUT2D eigenvalue weighted by molar-refractivity contribution is 0.139. The van der Waals surface area contributed by atoms with Crippen LogP contribution in [0.4, 0.5) is 4.39 Å². The van der Waals surface area contributed by atoms with Gasteiger partial charge < -0.3 is 15.0 Å². The van der Waals surface area contributed by atoms with Crippen LogP contribution in [0.15, 0.2) is 61.2 Å². The van der Waals surface area contributed by atoms with Gasteiger partial charge in [0.25, 0.3) is 0 Å². The van der Waals surface area contributed by atoms with Gasteiger partial charge in [-0.25, -0.2) is 4.39 Å². The molecule has 0 amide bonds. The number of hydrogen-bond acceptors (Lipinski definition) is 3. The minimum Gasteiger partial charge on any atom is -0.497 e. The van der Waals surface area contributed by atoms with E-state index in [1.165, 1.54) is 62.4 Å². The fraction of sp³-hybridized carbons (Fsp3) is 0.484. The molecule has 0 spiro atoms. The summed E-state index contributed by atoms with van der Waals surface area (Å²) in [6.07, 6.45) is 9.14. The molecule has 1 N–H and O–H groups in total. The summed E-state index contributed by atoms with van der Waals surface area (Å²) in [5.74, 6) is 1.49. The summed E-state index contributed by atoms with van der Waals surface area (Å²) in [7, 11) is 3.72. The van der Waals surface area contributed by atoms with Crippen LogP contribution in [0.3, 0.4) is 0 Å². The molecule has 0 bridgehead atoms. The third-order valence-electron chi connectivity index (χ3n) is 7.03. The lowest BCUT2D eigenvalue weighted by Gasteiger charge is -2.37. The van der Waals surface area contributed by atoms with Crippen LogP contribution in [-0.4, -0.2) is 44.7 Å². The van der Waals surface area contributed by atoms with Gasteiger partial charge in [-0.3, -0.25) is 0 Å². The van der Waals surface area contributed by atoms with E-state index in [4.69, 9.17) is 4.74 Å². The Kier molecular flexibility index (Phi) is 12.8. The highest BCUT2D eigenvalue weighted by Crippen LogP contribution is 2.31. The van der Waals surface area contributed by atoms with E-state index < -0.39 is 0 Å². The smallest absolute Gasteiger partial charge is 0.126 e. The summed E-state index contributed by atoms with van der Waals surface area (Å²) in [6, 6.07) is 14.5. The van der Waals surface area contributed by atoms with E-state index in [2.05, 4.69) is 54.6 Å². The summed E-state index contributed by atoms with van der Waals surface area (Å²) in [5.41, 5.74) is 4.29. The zero-order chi connectivity index (χ0) is 25.6. The van der Waals surface area contributed by atoms with Crippen LogP contribution in [0.2, 0.25) is 0 Å². The lowest BCUT2D eigenvalue weighted by atomic mass is 9.88. The average molecular weight is 481 g/mol. The molecule has 1 aliphatic heterocycles. The molecule has 1 unspecified atom stereocenters. The van der Waals surface area contributed by atoms with E-state index in [9.17, 15) is 4.39 Å². The van der Waals surface area contributed by atoms with Crippen LogP contribution in [0.5, 0.6) is 5.75 Å². The SMILES string of the molecule is C=C(CCCC(CC)N1CCC(c2ccc(OC)cc2)CC1)CNC.C=Cc1ccc(C)c(F)c1. The second-order valence-electron chi connectivity index (χ2n) is 9.53. The molecule has 1 heterocycles. The summed E-state index contributed by atoms with van der Waals surface area (Å²) in [5, 5.41) is 3.19. The fourth-order valence-electron chi connectivity index (χ4n) is 4.78. The van der Waals surface area contributed by atoms with Crippen molar-refractivity contribution < 1.29 is 9.13 Å². The predicted molar refractivity (Wildman–Crippen MR) is 149 cm³/mol. The number of nitrogens with zero attached hydrogens (tertiary/aromatic N) is 1. The molecule has 0 saturated carbocycles. The van der Waals surface area contributed by atoms with Crippen molar-refractivity contribution in [3.05, 3.63) is 83.7 Å². The highest BCUT2D eigenvalue weighted by atomic mass is 19.1. The number of likely N-dealkylation sites (tertiary alicyclic amines) is 1. The van der Waals surface area contributed by atoms with E-state index in [1.807, 2.05) is 13.1 Å². The molecule has 3 nitrogen and oxygen atoms in total. The largest absolute Gasteiger partial charge is 0.497 e. The molecular formula is C31H45FN2O. The molecule has 1 atom stereocenters. The van der Waals surface area contributed by atoms with Crippen LogP contribution in [0, 0.1) is 12.7 Å². The predicted octanol–water partition coefficient (Wildman–Crippen LogP) is 7.38. The maximum absolute atomic E-state index is 12.7. The Labute approximate surface area is 213 Å². The van der Waals surface area contributed by atoms with E-state index in [-0.39, 0.29) is 5.82 Å². The first-order chi connectivity index (χ1) is 16.9. The number of methoxy groups -OCH3 is 1. The van der Waals surface area contributed by atoms with Gasteiger partial charge in [-0.15, -0.1) is 0 Å². The van der Waals surface area contributed by atoms with Crippen LogP contribution in [0.1, 0.15) is 68.1 Å². The average Bonchev–Trinajstić information content (AvgIpc) is 2.89. The van der Waals surface area contributed by atoms with Gasteiger partial charge in [-0.05, 0) is 106 Å². The molecule has 1 saturated heterocycles. The summed E-state index contributed by atoms with van der Waals surface area (Å²) in [4.78, 5) is 2.72. The van der Waals surface area contributed by atoms with E-state index in [0.717, 1.165) is 30.3 Å². The topological polar surface area (TPSA) is 24.5 Å². The van der Waals surface area contributed by atoms with Gasteiger partial charge in [-0.1, -0.05) is 56.0 Å². The minimum atomic E-state index is -0.169. The van der Waals surface area contributed by atoms with E-state index >= 15 is 0 Å². The van der Waals surface area contributed by atoms with Crippen molar-refractivity contribution in [2.24, 2.45) is 0 Å². The first-order valence-corrected chi connectivity index (χ1v) is 13.0. The lowest BCUT2D eigenvalue weighted by Crippen LogP contribution is -2.40. The standard InChI is InChI=1S/C22H36N2O.C9H9F/c1-5-21(8-6-7-18(2)17-23-3)24-15-13-20(14-16-24)19-9-11-22(25-4)12-10-19;1-3-8-5-4-7(2)9(10)6-8/h9-12,20-21,23H,2,5-8,13-17H2,1,3-4H3;3-6H,1H2,2H3. The molecule has 0 radical (unpaired) electrons.